The number of aromatic nitrogens is 1. The summed E-state index contributed by atoms with van der Waals surface area (Å²) in [5.74, 6) is -0.893. The standard InChI is InChI=1S/C21H16N2O3/c1-3-11-23-20(25)17(12-22)13(2)18(21(23)26)19(24)16-10-6-8-14-7-4-5-9-15(14)16/h3-10,26H,1,11H2,2H3. The molecule has 128 valence electrons. The van der Waals surface area contributed by atoms with Gasteiger partial charge in [-0.05, 0) is 23.3 Å². The van der Waals surface area contributed by atoms with E-state index in [9.17, 15) is 20.0 Å². The van der Waals surface area contributed by atoms with E-state index < -0.39 is 17.2 Å². The molecular formula is C21H16N2O3. The van der Waals surface area contributed by atoms with Gasteiger partial charge in [-0.15, -0.1) is 6.58 Å². The number of hydrogen-bond acceptors (Lipinski definition) is 4. The van der Waals surface area contributed by atoms with Crippen molar-refractivity contribution in [3.63, 3.8) is 0 Å². The average molecular weight is 344 g/mol. The fraction of sp³-hybridized carbons (Fsp3) is 0.0952. The van der Waals surface area contributed by atoms with Crippen LogP contribution in [0.3, 0.4) is 0 Å². The van der Waals surface area contributed by atoms with Crippen molar-refractivity contribution in [1.82, 2.24) is 4.57 Å². The first-order valence-corrected chi connectivity index (χ1v) is 8.01. The first-order chi connectivity index (χ1) is 12.5. The quantitative estimate of drug-likeness (QED) is 0.581. The predicted octanol–water partition coefficient (Wildman–Crippen LogP) is 3.30. The van der Waals surface area contributed by atoms with E-state index in [0.717, 1.165) is 15.3 Å². The molecule has 0 spiro atoms. The molecule has 0 radical (unpaired) electrons. The molecule has 0 atom stereocenters. The maximum atomic E-state index is 13.2. The maximum Gasteiger partial charge on any atom is 0.271 e. The van der Waals surface area contributed by atoms with Crippen molar-refractivity contribution < 1.29 is 9.90 Å². The molecule has 3 rings (SSSR count). The van der Waals surface area contributed by atoms with Gasteiger partial charge in [-0.2, -0.15) is 5.26 Å². The minimum atomic E-state index is -0.642. The Morgan fingerprint density at radius 3 is 2.65 bits per heavy atom. The van der Waals surface area contributed by atoms with Gasteiger partial charge in [-0.3, -0.25) is 14.2 Å². The Labute approximate surface area is 150 Å². The van der Waals surface area contributed by atoms with Crippen molar-refractivity contribution in [2.24, 2.45) is 0 Å². The van der Waals surface area contributed by atoms with Crippen LogP contribution in [-0.2, 0) is 6.54 Å². The van der Waals surface area contributed by atoms with Crippen LogP contribution < -0.4 is 5.56 Å². The smallest absolute Gasteiger partial charge is 0.271 e. The molecule has 0 aliphatic rings. The van der Waals surface area contributed by atoms with E-state index in [-0.39, 0.29) is 23.2 Å². The van der Waals surface area contributed by atoms with Crippen LogP contribution >= 0.6 is 0 Å². The summed E-state index contributed by atoms with van der Waals surface area (Å²) in [6, 6.07) is 14.6. The van der Waals surface area contributed by atoms with E-state index >= 15 is 0 Å². The van der Waals surface area contributed by atoms with Crippen LogP contribution in [0.1, 0.15) is 27.0 Å². The Morgan fingerprint density at radius 2 is 1.96 bits per heavy atom. The van der Waals surface area contributed by atoms with Crippen molar-refractivity contribution >= 4 is 16.6 Å². The molecule has 0 saturated carbocycles. The van der Waals surface area contributed by atoms with Gasteiger partial charge in [-0.25, -0.2) is 0 Å². The SMILES string of the molecule is C=CCn1c(O)c(C(=O)c2cccc3ccccc23)c(C)c(C#N)c1=O. The molecule has 3 aromatic rings. The summed E-state index contributed by atoms with van der Waals surface area (Å²) in [6.07, 6.45) is 1.42. The minimum absolute atomic E-state index is 0.00452. The van der Waals surface area contributed by atoms with Gasteiger partial charge >= 0.3 is 0 Å². The molecule has 1 aromatic heterocycles. The van der Waals surface area contributed by atoms with Crippen LogP contribution in [0.4, 0.5) is 0 Å². The molecule has 26 heavy (non-hydrogen) atoms. The molecule has 5 heteroatoms. The number of nitrogens with zero attached hydrogens (tertiary/aromatic N) is 2. The molecule has 0 amide bonds. The maximum absolute atomic E-state index is 13.2. The topological polar surface area (TPSA) is 83.1 Å². The van der Waals surface area contributed by atoms with Crippen LogP contribution in [0.25, 0.3) is 10.8 Å². The minimum Gasteiger partial charge on any atom is -0.494 e. The number of ketones is 1. The summed E-state index contributed by atoms with van der Waals surface area (Å²) < 4.78 is 0.983. The van der Waals surface area contributed by atoms with E-state index in [4.69, 9.17) is 0 Å². The lowest BCUT2D eigenvalue weighted by atomic mass is 9.94. The average Bonchev–Trinajstić information content (AvgIpc) is 2.65. The summed E-state index contributed by atoms with van der Waals surface area (Å²) in [5, 5.41) is 21.6. The fourth-order valence-electron chi connectivity index (χ4n) is 3.08. The highest BCUT2D eigenvalue weighted by atomic mass is 16.3. The number of rotatable bonds is 4. The largest absolute Gasteiger partial charge is 0.494 e. The molecule has 0 unspecified atom stereocenters. The Hall–Kier alpha value is -3.65. The Bertz CT molecular complexity index is 1150. The molecule has 0 aliphatic carbocycles. The lowest BCUT2D eigenvalue weighted by molar-refractivity contribution is 0.103. The van der Waals surface area contributed by atoms with Crippen LogP contribution in [0.15, 0.2) is 59.9 Å². The predicted molar refractivity (Wildman–Crippen MR) is 99.4 cm³/mol. The third-order valence-electron chi connectivity index (χ3n) is 4.37. The Kier molecular flexibility index (Phi) is 4.42. The molecule has 5 nitrogen and oxygen atoms in total. The first kappa shape index (κ1) is 17.2. The second kappa shape index (κ2) is 6.69. The van der Waals surface area contributed by atoms with E-state index in [1.54, 1.807) is 12.1 Å². The third kappa shape index (κ3) is 2.58. The number of carbonyl (C=O) groups excluding carboxylic acids is 1. The zero-order valence-corrected chi connectivity index (χ0v) is 14.2. The summed E-state index contributed by atoms with van der Waals surface area (Å²) in [7, 11) is 0. The number of benzene rings is 2. The lowest BCUT2D eigenvalue weighted by Crippen LogP contribution is -2.26. The van der Waals surface area contributed by atoms with Gasteiger partial charge in [0.05, 0.1) is 5.56 Å². The molecule has 2 aromatic carbocycles. The summed E-state index contributed by atoms with van der Waals surface area (Å²) in [4.78, 5) is 25.6. The zero-order valence-electron chi connectivity index (χ0n) is 14.2. The molecule has 1 N–H and O–H groups in total. The van der Waals surface area contributed by atoms with E-state index in [1.165, 1.54) is 13.0 Å². The summed E-state index contributed by atoms with van der Waals surface area (Å²) >= 11 is 0. The number of hydrogen-bond donors (Lipinski definition) is 1. The zero-order chi connectivity index (χ0) is 18.8. The van der Waals surface area contributed by atoms with Crippen molar-refractivity contribution in [3.8, 4) is 11.9 Å². The monoisotopic (exact) mass is 344 g/mol. The normalized spacial score (nSPS) is 10.5. The van der Waals surface area contributed by atoms with Crippen molar-refractivity contribution in [2.75, 3.05) is 0 Å². The van der Waals surface area contributed by atoms with Crippen LogP contribution in [-0.4, -0.2) is 15.5 Å². The highest BCUT2D eigenvalue weighted by molar-refractivity contribution is 6.18. The summed E-state index contributed by atoms with van der Waals surface area (Å²) in [6.45, 7) is 5.04. The van der Waals surface area contributed by atoms with Gasteiger partial charge in [0, 0.05) is 12.1 Å². The van der Waals surface area contributed by atoms with Crippen LogP contribution in [0.2, 0.25) is 0 Å². The number of fused-ring (bicyclic) bond motifs is 1. The van der Waals surface area contributed by atoms with Crippen molar-refractivity contribution in [2.45, 2.75) is 13.5 Å². The molecule has 0 aliphatic heterocycles. The van der Waals surface area contributed by atoms with E-state index in [1.807, 2.05) is 36.4 Å². The molecule has 0 fully saturated rings. The number of carbonyl (C=O) groups is 1. The van der Waals surface area contributed by atoms with E-state index in [2.05, 4.69) is 6.58 Å². The number of pyridine rings is 1. The van der Waals surface area contributed by atoms with Crippen LogP contribution in [0, 0.1) is 18.3 Å². The van der Waals surface area contributed by atoms with Gasteiger partial charge in [0.15, 0.2) is 5.78 Å². The van der Waals surface area contributed by atoms with Crippen molar-refractivity contribution in [3.05, 3.63) is 87.7 Å². The first-order valence-electron chi connectivity index (χ1n) is 8.01. The Balaban J connectivity index is 2.34. The van der Waals surface area contributed by atoms with Gasteiger partial charge in [0.1, 0.15) is 11.6 Å². The lowest BCUT2D eigenvalue weighted by Gasteiger charge is -2.15. The van der Waals surface area contributed by atoms with Gasteiger partial charge in [0.2, 0.25) is 5.88 Å². The second-order valence-corrected chi connectivity index (χ2v) is 5.87. The molecular weight excluding hydrogens is 328 g/mol. The molecule has 0 bridgehead atoms. The third-order valence-corrected chi connectivity index (χ3v) is 4.37. The van der Waals surface area contributed by atoms with Crippen LogP contribution in [0.5, 0.6) is 5.88 Å². The Morgan fingerprint density at radius 1 is 1.27 bits per heavy atom. The highest BCUT2D eigenvalue weighted by Gasteiger charge is 2.25. The van der Waals surface area contributed by atoms with Gasteiger partial charge in [0.25, 0.3) is 5.56 Å². The summed E-state index contributed by atoms with van der Waals surface area (Å²) in [5.41, 5.74) is -0.271. The fourth-order valence-corrected chi connectivity index (χ4v) is 3.08. The van der Waals surface area contributed by atoms with Gasteiger partial charge < -0.3 is 5.11 Å². The number of aromatic hydroxyl groups is 1. The molecule has 0 saturated heterocycles. The number of allylic oxidation sites excluding steroid dienone is 1. The molecule has 1 heterocycles. The van der Waals surface area contributed by atoms with Crippen molar-refractivity contribution in [1.29, 1.82) is 5.26 Å². The number of nitriles is 1. The van der Waals surface area contributed by atoms with Gasteiger partial charge in [-0.1, -0.05) is 48.5 Å². The second-order valence-electron chi connectivity index (χ2n) is 5.87. The van der Waals surface area contributed by atoms with E-state index in [0.29, 0.717) is 5.56 Å². The highest BCUT2D eigenvalue weighted by Crippen LogP contribution is 2.28.